The van der Waals surface area contributed by atoms with Crippen molar-refractivity contribution in [1.29, 1.82) is 0 Å². The van der Waals surface area contributed by atoms with Gasteiger partial charge in [-0.2, -0.15) is 0 Å². The van der Waals surface area contributed by atoms with Crippen LogP contribution in [-0.2, 0) is 24.2 Å². The molecule has 8 heteroatoms. The van der Waals surface area contributed by atoms with E-state index in [4.69, 9.17) is 16.3 Å². The molecule has 0 fully saturated rings. The van der Waals surface area contributed by atoms with Crippen LogP contribution in [-0.4, -0.2) is 26.5 Å². The lowest BCUT2D eigenvalue weighted by Crippen LogP contribution is -2.16. The Kier molecular flexibility index (Phi) is 5.35. The van der Waals surface area contributed by atoms with Crippen LogP contribution in [0.15, 0.2) is 29.2 Å². The van der Waals surface area contributed by atoms with Gasteiger partial charge in [0.05, 0.1) is 23.5 Å². The molecule has 1 aromatic carbocycles. The van der Waals surface area contributed by atoms with Crippen LogP contribution in [0.4, 0.5) is 4.39 Å². The molecule has 0 spiro atoms. The second kappa shape index (κ2) is 7.67. The predicted octanol–water partition coefficient (Wildman–Crippen LogP) is 2.83. The van der Waals surface area contributed by atoms with Crippen LogP contribution in [0.5, 0.6) is 0 Å². The van der Waals surface area contributed by atoms with Gasteiger partial charge in [-0.15, -0.1) is 0 Å². The van der Waals surface area contributed by atoms with Crippen LogP contribution in [0.2, 0.25) is 5.02 Å². The third-order valence-corrected chi connectivity index (χ3v) is 3.93. The molecule has 2 aromatic heterocycles. The number of fused-ring (bicyclic) bond motifs is 1. The topological polar surface area (TPSA) is 80.8 Å². The SMILES string of the molecule is CCc1cnc2nc(COCCc3ccc(F)c(Cl)c3)[nH]c(=O)c2n1. The number of H-pyrrole nitrogens is 1. The first-order valence-electron chi connectivity index (χ1n) is 7.83. The molecular weight excluding hydrogens is 347 g/mol. The molecule has 0 aliphatic rings. The number of halogens is 2. The van der Waals surface area contributed by atoms with Crippen molar-refractivity contribution >= 4 is 22.8 Å². The quantitative estimate of drug-likeness (QED) is 0.682. The highest BCUT2D eigenvalue weighted by Crippen LogP contribution is 2.16. The molecule has 25 heavy (non-hydrogen) atoms. The first-order chi connectivity index (χ1) is 12.1. The number of hydrogen-bond donors (Lipinski definition) is 1. The van der Waals surface area contributed by atoms with Crippen LogP contribution in [0.25, 0.3) is 11.2 Å². The van der Waals surface area contributed by atoms with E-state index in [1.807, 2.05) is 6.92 Å². The van der Waals surface area contributed by atoms with E-state index in [0.29, 0.717) is 30.9 Å². The Morgan fingerprint density at radius 2 is 2.16 bits per heavy atom. The maximum absolute atomic E-state index is 13.1. The highest BCUT2D eigenvalue weighted by Gasteiger charge is 2.08. The van der Waals surface area contributed by atoms with Gasteiger partial charge in [0.25, 0.3) is 5.56 Å². The number of aromatic amines is 1. The smallest absolute Gasteiger partial charge is 0.279 e. The first-order valence-corrected chi connectivity index (χ1v) is 8.21. The van der Waals surface area contributed by atoms with Gasteiger partial charge in [0.15, 0.2) is 11.2 Å². The molecule has 0 aliphatic carbocycles. The Hall–Kier alpha value is -2.38. The van der Waals surface area contributed by atoms with Crippen molar-refractivity contribution in [3.8, 4) is 0 Å². The molecule has 3 aromatic rings. The fourth-order valence-electron chi connectivity index (χ4n) is 2.29. The summed E-state index contributed by atoms with van der Waals surface area (Å²) >= 11 is 5.74. The Bertz CT molecular complexity index is 961. The normalized spacial score (nSPS) is 11.2. The lowest BCUT2D eigenvalue weighted by molar-refractivity contribution is 0.118. The summed E-state index contributed by atoms with van der Waals surface area (Å²) in [7, 11) is 0. The molecule has 0 radical (unpaired) electrons. The Morgan fingerprint density at radius 1 is 1.32 bits per heavy atom. The van der Waals surface area contributed by atoms with Crippen molar-refractivity contribution in [2.24, 2.45) is 0 Å². The molecule has 0 unspecified atom stereocenters. The van der Waals surface area contributed by atoms with Crippen LogP contribution >= 0.6 is 11.6 Å². The van der Waals surface area contributed by atoms with Gasteiger partial charge in [0.2, 0.25) is 0 Å². The van der Waals surface area contributed by atoms with Gasteiger partial charge >= 0.3 is 0 Å². The van der Waals surface area contributed by atoms with Crippen LogP contribution in [0.1, 0.15) is 24.0 Å². The predicted molar refractivity (Wildman–Crippen MR) is 92.1 cm³/mol. The number of hydrogen-bond acceptors (Lipinski definition) is 5. The zero-order valence-electron chi connectivity index (χ0n) is 13.6. The second-order valence-corrected chi connectivity index (χ2v) is 5.86. The zero-order valence-corrected chi connectivity index (χ0v) is 14.3. The fraction of sp³-hybridized carbons (Fsp3) is 0.294. The van der Waals surface area contributed by atoms with Crippen molar-refractivity contribution in [1.82, 2.24) is 19.9 Å². The lowest BCUT2D eigenvalue weighted by Gasteiger charge is -2.06. The van der Waals surface area contributed by atoms with E-state index in [0.717, 1.165) is 11.3 Å². The molecule has 0 saturated carbocycles. The van der Waals surface area contributed by atoms with E-state index in [1.165, 1.54) is 6.07 Å². The summed E-state index contributed by atoms with van der Waals surface area (Å²) in [6.45, 7) is 2.45. The van der Waals surface area contributed by atoms with E-state index in [9.17, 15) is 9.18 Å². The minimum atomic E-state index is -0.448. The number of aromatic nitrogens is 4. The fourth-order valence-corrected chi connectivity index (χ4v) is 2.50. The summed E-state index contributed by atoms with van der Waals surface area (Å²) in [6.07, 6.45) is 2.87. The second-order valence-electron chi connectivity index (χ2n) is 5.45. The van der Waals surface area contributed by atoms with Crippen molar-refractivity contribution in [3.63, 3.8) is 0 Å². The third kappa shape index (κ3) is 4.18. The molecule has 2 heterocycles. The standard InChI is InChI=1S/C17H16ClFN4O2/c1-2-11-8-20-16-15(21-11)17(24)23-14(22-16)9-25-6-5-10-3-4-13(19)12(18)7-10/h3-4,7-8H,2,5-6,9H2,1H3,(H,20,22,23,24). The molecule has 1 N–H and O–H groups in total. The summed E-state index contributed by atoms with van der Waals surface area (Å²) in [5.74, 6) is -0.0650. The van der Waals surface area contributed by atoms with Gasteiger partial charge in [-0.3, -0.25) is 4.79 Å². The van der Waals surface area contributed by atoms with E-state index in [1.54, 1.807) is 18.3 Å². The third-order valence-electron chi connectivity index (χ3n) is 3.64. The summed E-state index contributed by atoms with van der Waals surface area (Å²) < 4.78 is 18.6. The summed E-state index contributed by atoms with van der Waals surface area (Å²) in [5, 5.41) is 0.0862. The highest BCUT2D eigenvalue weighted by atomic mass is 35.5. The minimum absolute atomic E-state index is 0.0862. The van der Waals surface area contributed by atoms with Crippen molar-refractivity contribution < 1.29 is 9.13 Å². The summed E-state index contributed by atoms with van der Waals surface area (Å²) in [5.41, 5.74) is 1.79. The monoisotopic (exact) mass is 362 g/mol. The van der Waals surface area contributed by atoms with Gasteiger partial charge in [0.1, 0.15) is 18.2 Å². The molecule has 0 bridgehead atoms. The maximum atomic E-state index is 13.1. The summed E-state index contributed by atoms with van der Waals surface area (Å²) in [4.78, 5) is 27.4. The average molecular weight is 363 g/mol. The molecule has 0 amide bonds. The Balaban J connectivity index is 1.63. The molecule has 6 nitrogen and oxygen atoms in total. The molecule has 130 valence electrons. The molecule has 0 saturated heterocycles. The van der Waals surface area contributed by atoms with Crippen molar-refractivity contribution in [2.75, 3.05) is 6.61 Å². The number of nitrogens with zero attached hydrogens (tertiary/aromatic N) is 3. The van der Waals surface area contributed by atoms with Gasteiger partial charge in [-0.05, 0) is 30.5 Å². The molecule has 0 aliphatic heterocycles. The average Bonchev–Trinajstić information content (AvgIpc) is 2.61. The van der Waals surface area contributed by atoms with Crippen LogP contribution in [0.3, 0.4) is 0 Å². The van der Waals surface area contributed by atoms with E-state index >= 15 is 0 Å². The number of benzene rings is 1. The van der Waals surface area contributed by atoms with Crippen molar-refractivity contribution in [3.05, 3.63) is 62.7 Å². The van der Waals surface area contributed by atoms with Gasteiger partial charge < -0.3 is 9.72 Å². The Morgan fingerprint density at radius 3 is 2.92 bits per heavy atom. The number of ether oxygens (including phenoxy) is 1. The minimum Gasteiger partial charge on any atom is -0.373 e. The van der Waals surface area contributed by atoms with Crippen LogP contribution in [0, 0.1) is 5.82 Å². The van der Waals surface area contributed by atoms with Gasteiger partial charge in [0, 0.05) is 0 Å². The number of aryl methyl sites for hydroxylation is 1. The van der Waals surface area contributed by atoms with E-state index < -0.39 is 5.82 Å². The molecular formula is C17H16ClFN4O2. The van der Waals surface area contributed by atoms with Crippen LogP contribution < -0.4 is 5.56 Å². The summed E-state index contributed by atoms with van der Waals surface area (Å²) in [6, 6.07) is 4.54. The number of nitrogens with one attached hydrogen (secondary N) is 1. The first kappa shape index (κ1) is 17.4. The van der Waals surface area contributed by atoms with E-state index in [2.05, 4.69) is 19.9 Å². The van der Waals surface area contributed by atoms with Crippen molar-refractivity contribution in [2.45, 2.75) is 26.4 Å². The van der Waals surface area contributed by atoms with E-state index in [-0.39, 0.29) is 22.7 Å². The number of rotatable bonds is 6. The molecule has 0 atom stereocenters. The zero-order chi connectivity index (χ0) is 17.8. The Labute approximate surface area is 148 Å². The lowest BCUT2D eigenvalue weighted by atomic mass is 10.1. The largest absolute Gasteiger partial charge is 0.373 e. The molecule has 3 rings (SSSR count). The van der Waals surface area contributed by atoms with Gasteiger partial charge in [-0.1, -0.05) is 24.6 Å². The van der Waals surface area contributed by atoms with Gasteiger partial charge in [-0.25, -0.2) is 19.3 Å². The maximum Gasteiger partial charge on any atom is 0.279 e. The highest BCUT2D eigenvalue weighted by molar-refractivity contribution is 6.30.